The minimum absolute atomic E-state index is 0.0220. The lowest BCUT2D eigenvalue weighted by Gasteiger charge is -2.01. The number of hydrogen-bond donors (Lipinski definition) is 0. The number of hydrogen-bond acceptors (Lipinski definition) is 3. The molecule has 2 aromatic rings. The van der Waals surface area contributed by atoms with Crippen molar-refractivity contribution in [1.29, 1.82) is 0 Å². The molecule has 0 bridgehead atoms. The van der Waals surface area contributed by atoms with E-state index in [1.807, 2.05) is 25.1 Å². The Kier molecular flexibility index (Phi) is 2.00. The minimum atomic E-state index is 0.0220. The van der Waals surface area contributed by atoms with Gasteiger partial charge in [0.15, 0.2) is 5.78 Å². The average molecular weight is 186 g/mol. The molecule has 0 unspecified atom stereocenters. The van der Waals surface area contributed by atoms with E-state index in [4.69, 9.17) is 0 Å². The molecule has 14 heavy (non-hydrogen) atoms. The zero-order valence-corrected chi connectivity index (χ0v) is 8.11. The Labute approximate surface area is 81.8 Å². The number of carbonyl (C=O) groups excluding carboxylic acids is 1. The maximum Gasteiger partial charge on any atom is 0.162 e. The summed E-state index contributed by atoms with van der Waals surface area (Å²) < 4.78 is 0. The standard InChI is InChI=1S/C11H10N2O/c1-7-6-9-4-3-5-10(8(2)14)11(9)13-12-7/h3-6H,1-2H3. The summed E-state index contributed by atoms with van der Waals surface area (Å²) in [5.41, 5.74) is 2.18. The first kappa shape index (κ1) is 8.81. The van der Waals surface area contributed by atoms with E-state index >= 15 is 0 Å². The topological polar surface area (TPSA) is 42.9 Å². The van der Waals surface area contributed by atoms with Gasteiger partial charge in [-0.3, -0.25) is 4.79 Å². The molecule has 3 heteroatoms. The van der Waals surface area contributed by atoms with Gasteiger partial charge in [0, 0.05) is 10.9 Å². The summed E-state index contributed by atoms with van der Waals surface area (Å²) in [5, 5.41) is 8.94. The number of nitrogens with zero attached hydrogens (tertiary/aromatic N) is 2. The number of benzene rings is 1. The lowest BCUT2D eigenvalue weighted by Crippen LogP contribution is -1.97. The van der Waals surface area contributed by atoms with Crippen LogP contribution in [0.2, 0.25) is 0 Å². The molecule has 1 heterocycles. The molecule has 1 aromatic heterocycles. The van der Waals surface area contributed by atoms with Crippen LogP contribution in [0, 0.1) is 6.92 Å². The molecule has 0 saturated heterocycles. The largest absolute Gasteiger partial charge is 0.294 e. The highest BCUT2D eigenvalue weighted by molar-refractivity contribution is 6.05. The van der Waals surface area contributed by atoms with Gasteiger partial charge in [0.2, 0.25) is 0 Å². The van der Waals surface area contributed by atoms with Crippen molar-refractivity contribution >= 4 is 16.7 Å². The van der Waals surface area contributed by atoms with Crippen LogP contribution in [0.1, 0.15) is 23.0 Å². The molecule has 2 rings (SSSR count). The number of ketones is 1. The number of carbonyl (C=O) groups is 1. The summed E-state index contributed by atoms with van der Waals surface area (Å²) in [6.45, 7) is 3.42. The smallest absolute Gasteiger partial charge is 0.162 e. The molecule has 1 aromatic carbocycles. The predicted molar refractivity (Wildman–Crippen MR) is 54.3 cm³/mol. The van der Waals surface area contributed by atoms with Crippen LogP contribution in [0.3, 0.4) is 0 Å². The van der Waals surface area contributed by atoms with Crippen molar-refractivity contribution in [2.45, 2.75) is 13.8 Å². The summed E-state index contributed by atoms with van der Waals surface area (Å²) in [5.74, 6) is 0.0220. The fourth-order valence-corrected chi connectivity index (χ4v) is 1.46. The zero-order chi connectivity index (χ0) is 10.1. The number of aryl methyl sites for hydroxylation is 1. The Morgan fingerprint density at radius 3 is 2.79 bits per heavy atom. The van der Waals surface area contributed by atoms with Crippen molar-refractivity contribution in [3.63, 3.8) is 0 Å². The highest BCUT2D eigenvalue weighted by atomic mass is 16.1. The molecule has 3 nitrogen and oxygen atoms in total. The van der Waals surface area contributed by atoms with Crippen LogP contribution >= 0.6 is 0 Å². The Hall–Kier alpha value is -1.77. The molecule has 0 radical (unpaired) electrons. The highest BCUT2D eigenvalue weighted by Crippen LogP contribution is 2.16. The summed E-state index contributed by atoms with van der Waals surface area (Å²) in [4.78, 5) is 11.3. The van der Waals surface area contributed by atoms with Crippen molar-refractivity contribution in [2.24, 2.45) is 0 Å². The molecule has 0 aliphatic carbocycles. The third-order valence-electron chi connectivity index (χ3n) is 2.12. The molecular formula is C11H10N2O. The van der Waals surface area contributed by atoms with E-state index in [9.17, 15) is 4.79 Å². The van der Waals surface area contributed by atoms with Crippen molar-refractivity contribution in [1.82, 2.24) is 10.2 Å². The Balaban J connectivity index is 2.81. The van der Waals surface area contributed by atoms with Crippen LogP contribution in [-0.2, 0) is 0 Å². The quantitative estimate of drug-likeness (QED) is 0.641. The van der Waals surface area contributed by atoms with Gasteiger partial charge < -0.3 is 0 Å². The monoisotopic (exact) mass is 186 g/mol. The van der Waals surface area contributed by atoms with Crippen LogP contribution in [0.15, 0.2) is 24.3 Å². The fourth-order valence-electron chi connectivity index (χ4n) is 1.46. The minimum Gasteiger partial charge on any atom is -0.294 e. The molecular weight excluding hydrogens is 176 g/mol. The van der Waals surface area contributed by atoms with Gasteiger partial charge in [0.05, 0.1) is 5.69 Å². The Morgan fingerprint density at radius 2 is 2.07 bits per heavy atom. The summed E-state index contributed by atoms with van der Waals surface area (Å²) in [6.07, 6.45) is 0. The van der Waals surface area contributed by atoms with E-state index < -0.39 is 0 Å². The second kappa shape index (κ2) is 3.18. The van der Waals surface area contributed by atoms with Gasteiger partial charge in [-0.05, 0) is 26.0 Å². The summed E-state index contributed by atoms with van der Waals surface area (Å²) >= 11 is 0. The predicted octanol–water partition coefficient (Wildman–Crippen LogP) is 2.14. The number of rotatable bonds is 1. The van der Waals surface area contributed by atoms with E-state index in [0.717, 1.165) is 11.1 Å². The van der Waals surface area contributed by atoms with E-state index in [1.54, 1.807) is 6.07 Å². The van der Waals surface area contributed by atoms with Crippen LogP contribution in [0.5, 0.6) is 0 Å². The molecule has 0 atom stereocenters. The van der Waals surface area contributed by atoms with Gasteiger partial charge in [-0.15, -0.1) is 5.10 Å². The van der Waals surface area contributed by atoms with E-state index in [1.165, 1.54) is 6.92 Å². The Bertz CT molecular complexity index is 506. The summed E-state index contributed by atoms with van der Waals surface area (Å²) in [6, 6.07) is 7.49. The van der Waals surface area contributed by atoms with E-state index in [2.05, 4.69) is 10.2 Å². The van der Waals surface area contributed by atoms with Gasteiger partial charge in [-0.2, -0.15) is 5.10 Å². The van der Waals surface area contributed by atoms with Gasteiger partial charge in [0.1, 0.15) is 5.52 Å². The molecule has 0 aliphatic heterocycles. The highest BCUT2D eigenvalue weighted by Gasteiger charge is 2.06. The number of aromatic nitrogens is 2. The van der Waals surface area contributed by atoms with Gasteiger partial charge in [0.25, 0.3) is 0 Å². The molecule has 0 N–H and O–H groups in total. The lowest BCUT2D eigenvalue weighted by molar-refractivity contribution is 0.101. The van der Waals surface area contributed by atoms with Gasteiger partial charge in [-0.1, -0.05) is 12.1 Å². The second-order valence-electron chi connectivity index (χ2n) is 3.29. The Morgan fingerprint density at radius 1 is 1.29 bits per heavy atom. The third-order valence-corrected chi connectivity index (χ3v) is 2.12. The van der Waals surface area contributed by atoms with Crippen molar-refractivity contribution in [3.8, 4) is 0 Å². The fraction of sp³-hybridized carbons (Fsp3) is 0.182. The van der Waals surface area contributed by atoms with Crippen molar-refractivity contribution in [2.75, 3.05) is 0 Å². The van der Waals surface area contributed by atoms with E-state index in [-0.39, 0.29) is 5.78 Å². The SMILES string of the molecule is CC(=O)c1cccc2cc(C)nnc12. The zero-order valence-electron chi connectivity index (χ0n) is 8.11. The third kappa shape index (κ3) is 1.37. The lowest BCUT2D eigenvalue weighted by atomic mass is 10.1. The van der Waals surface area contributed by atoms with Crippen LogP contribution in [0.25, 0.3) is 10.9 Å². The normalized spacial score (nSPS) is 10.4. The molecule has 70 valence electrons. The van der Waals surface area contributed by atoms with E-state index in [0.29, 0.717) is 11.1 Å². The maximum atomic E-state index is 11.3. The van der Waals surface area contributed by atoms with Gasteiger partial charge in [-0.25, -0.2) is 0 Å². The average Bonchev–Trinajstić information content (AvgIpc) is 2.16. The molecule has 0 saturated carbocycles. The molecule has 0 spiro atoms. The van der Waals surface area contributed by atoms with Crippen LogP contribution in [-0.4, -0.2) is 16.0 Å². The first-order valence-electron chi connectivity index (χ1n) is 4.42. The van der Waals surface area contributed by atoms with Crippen LogP contribution < -0.4 is 0 Å². The molecule has 0 aliphatic rings. The van der Waals surface area contributed by atoms with Gasteiger partial charge >= 0.3 is 0 Å². The maximum absolute atomic E-state index is 11.3. The summed E-state index contributed by atoms with van der Waals surface area (Å²) in [7, 11) is 0. The first-order chi connectivity index (χ1) is 6.68. The number of fused-ring (bicyclic) bond motifs is 1. The number of Topliss-reactive ketones (excluding diaryl/α,β-unsaturated/α-hetero) is 1. The first-order valence-corrected chi connectivity index (χ1v) is 4.42. The van der Waals surface area contributed by atoms with Crippen LogP contribution in [0.4, 0.5) is 0 Å². The molecule has 0 fully saturated rings. The second-order valence-corrected chi connectivity index (χ2v) is 3.29. The molecule has 0 amide bonds. The van der Waals surface area contributed by atoms with Crippen molar-refractivity contribution in [3.05, 3.63) is 35.5 Å². The van der Waals surface area contributed by atoms with Crippen molar-refractivity contribution < 1.29 is 4.79 Å².